The normalized spacial score (nSPS) is 21.1. The molecular formula is C22H21F3N6O. The van der Waals surface area contributed by atoms with Gasteiger partial charge in [0.05, 0.1) is 17.9 Å². The second-order valence-electron chi connectivity index (χ2n) is 8.06. The predicted octanol–water partition coefficient (Wildman–Crippen LogP) is 3.49. The maximum atomic E-state index is 13.4. The number of hydrogen-bond donors (Lipinski definition) is 1. The number of fused-ring (bicyclic) bond motifs is 1. The number of amides is 1. The van der Waals surface area contributed by atoms with Gasteiger partial charge in [-0.05, 0) is 30.7 Å². The van der Waals surface area contributed by atoms with Crippen LogP contribution in [0.3, 0.4) is 0 Å². The molecule has 0 radical (unpaired) electrons. The maximum Gasteiger partial charge on any atom is 0.412 e. The van der Waals surface area contributed by atoms with Crippen molar-refractivity contribution in [3.63, 3.8) is 0 Å². The molecule has 7 nitrogen and oxygen atoms in total. The molecule has 3 aromatic rings. The number of pyridine rings is 1. The van der Waals surface area contributed by atoms with Crippen molar-refractivity contribution in [3.8, 4) is 11.3 Å². The summed E-state index contributed by atoms with van der Waals surface area (Å²) in [6.07, 6.45) is 3.86. The Morgan fingerprint density at radius 1 is 1.25 bits per heavy atom. The number of likely N-dealkylation sites (tertiary alicyclic amines) is 1. The zero-order chi connectivity index (χ0) is 22.6. The molecule has 2 atom stereocenters. The lowest BCUT2D eigenvalue weighted by molar-refractivity contribution is -0.164. The number of hydrogen-bond acceptors (Lipinski definition) is 4. The first-order chi connectivity index (χ1) is 15.3. The molecule has 32 heavy (non-hydrogen) atoms. The largest absolute Gasteiger partial charge is 0.412 e. The van der Waals surface area contributed by atoms with Crippen LogP contribution in [0.25, 0.3) is 22.3 Å². The number of aryl methyl sites for hydroxylation is 1. The fraction of sp³-hybridized carbons (Fsp3) is 0.318. The van der Waals surface area contributed by atoms with Gasteiger partial charge in [-0.25, -0.2) is 4.98 Å². The highest BCUT2D eigenvalue weighted by Gasteiger charge is 2.46. The van der Waals surface area contributed by atoms with Gasteiger partial charge in [-0.1, -0.05) is 12.2 Å². The molecule has 2 aliphatic heterocycles. The van der Waals surface area contributed by atoms with E-state index < -0.39 is 18.3 Å². The van der Waals surface area contributed by atoms with Crippen molar-refractivity contribution in [2.75, 3.05) is 13.6 Å². The lowest BCUT2D eigenvalue weighted by Gasteiger charge is -2.47. The zero-order valence-corrected chi connectivity index (χ0v) is 17.5. The topological polar surface area (TPSA) is 70.1 Å². The summed E-state index contributed by atoms with van der Waals surface area (Å²) in [7, 11) is 3.19. The minimum Gasteiger partial charge on any atom is -0.361 e. The first-order valence-corrected chi connectivity index (χ1v) is 10.2. The van der Waals surface area contributed by atoms with E-state index in [0.717, 1.165) is 22.7 Å². The van der Waals surface area contributed by atoms with Gasteiger partial charge in [0.2, 0.25) is 0 Å². The van der Waals surface area contributed by atoms with Crippen molar-refractivity contribution in [3.05, 3.63) is 60.2 Å². The average molecular weight is 442 g/mol. The van der Waals surface area contributed by atoms with Crippen LogP contribution in [0.1, 0.15) is 16.9 Å². The third-order valence-corrected chi connectivity index (χ3v) is 6.23. The zero-order valence-electron chi connectivity index (χ0n) is 17.5. The number of rotatable bonds is 3. The second kappa shape index (κ2) is 7.25. The number of alkyl halides is 3. The summed E-state index contributed by atoms with van der Waals surface area (Å²) in [5, 5.41) is 7.51. The summed E-state index contributed by atoms with van der Waals surface area (Å²) < 4.78 is 41.8. The fourth-order valence-electron chi connectivity index (χ4n) is 4.38. The highest BCUT2D eigenvalue weighted by Crippen LogP contribution is 2.36. The molecule has 1 saturated heterocycles. The minimum absolute atomic E-state index is 0.223. The van der Waals surface area contributed by atoms with E-state index in [1.165, 1.54) is 18.0 Å². The summed E-state index contributed by atoms with van der Waals surface area (Å²) in [4.78, 5) is 20.8. The number of aromatic amines is 1. The van der Waals surface area contributed by atoms with Gasteiger partial charge >= 0.3 is 6.18 Å². The lowest BCUT2D eigenvalue weighted by atomic mass is 9.94. The predicted molar refractivity (Wildman–Crippen MR) is 113 cm³/mol. The van der Waals surface area contributed by atoms with Crippen molar-refractivity contribution in [2.45, 2.75) is 24.7 Å². The van der Waals surface area contributed by atoms with E-state index in [1.54, 1.807) is 41.1 Å². The van der Waals surface area contributed by atoms with Crippen LogP contribution in [0.15, 0.2) is 54.5 Å². The van der Waals surface area contributed by atoms with E-state index >= 15 is 0 Å². The van der Waals surface area contributed by atoms with Gasteiger partial charge in [0.25, 0.3) is 5.91 Å². The lowest BCUT2D eigenvalue weighted by Crippen LogP contribution is -2.57. The third-order valence-electron chi connectivity index (χ3n) is 6.23. The number of halogens is 3. The molecule has 0 aromatic carbocycles. The first kappa shape index (κ1) is 20.3. The van der Waals surface area contributed by atoms with E-state index in [2.05, 4.69) is 15.2 Å². The van der Waals surface area contributed by atoms with Gasteiger partial charge in [-0.3, -0.25) is 9.89 Å². The fourth-order valence-corrected chi connectivity index (χ4v) is 4.38. The Hall–Kier alpha value is -3.56. The molecule has 0 saturated carbocycles. The Kier molecular flexibility index (Phi) is 4.61. The molecule has 0 aliphatic carbocycles. The quantitative estimate of drug-likeness (QED) is 0.674. The monoisotopic (exact) mass is 442 g/mol. The molecule has 2 unspecified atom stereocenters. The smallest absolute Gasteiger partial charge is 0.361 e. The Balaban J connectivity index is 1.43. The van der Waals surface area contributed by atoms with E-state index in [-0.39, 0.29) is 5.91 Å². The van der Waals surface area contributed by atoms with Gasteiger partial charge < -0.3 is 14.4 Å². The van der Waals surface area contributed by atoms with Crippen LogP contribution < -0.4 is 0 Å². The number of nitrogens with zero attached hydrogens (tertiary/aromatic N) is 5. The van der Waals surface area contributed by atoms with Crippen molar-refractivity contribution < 1.29 is 18.0 Å². The summed E-state index contributed by atoms with van der Waals surface area (Å²) in [5.41, 5.74) is 3.16. The van der Waals surface area contributed by atoms with Gasteiger partial charge in [-0.15, -0.1) is 0 Å². The molecule has 0 bridgehead atoms. The molecule has 1 fully saturated rings. The van der Waals surface area contributed by atoms with E-state index in [9.17, 15) is 18.0 Å². The highest BCUT2D eigenvalue weighted by atomic mass is 19.4. The summed E-state index contributed by atoms with van der Waals surface area (Å²) >= 11 is 0. The third kappa shape index (κ3) is 3.17. The molecular weight excluding hydrogens is 421 g/mol. The van der Waals surface area contributed by atoms with E-state index in [1.807, 2.05) is 12.1 Å². The number of carbonyl (C=O) groups excluding carboxylic acids is 1. The SMILES string of the molecule is CN1C(C2CCN2C(=O)c2cc3ccc(-c4cn[nH]c4)nc3n2C)=CC=CC1C(F)(F)F. The molecule has 5 rings (SSSR count). The van der Waals surface area contributed by atoms with Crippen LogP contribution in [-0.4, -0.2) is 67.3 Å². The molecule has 3 aromatic heterocycles. The van der Waals surface area contributed by atoms with Crippen molar-refractivity contribution in [1.82, 2.24) is 29.5 Å². The summed E-state index contributed by atoms with van der Waals surface area (Å²) in [6, 6.07) is 3.44. The van der Waals surface area contributed by atoms with Crippen LogP contribution in [0.5, 0.6) is 0 Å². The number of carbonyl (C=O) groups is 1. The number of allylic oxidation sites excluding steroid dienone is 2. The number of likely N-dealkylation sites (N-methyl/N-ethyl adjacent to an activating group) is 1. The minimum atomic E-state index is -4.38. The Morgan fingerprint density at radius 3 is 2.72 bits per heavy atom. The molecule has 0 spiro atoms. The Morgan fingerprint density at radius 2 is 2.06 bits per heavy atom. The molecule has 5 heterocycles. The molecule has 2 aliphatic rings. The van der Waals surface area contributed by atoms with Crippen LogP contribution in [0.4, 0.5) is 13.2 Å². The Labute approximate surface area is 181 Å². The van der Waals surface area contributed by atoms with Crippen molar-refractivity contribution in [2.24, 2.45) is 7.05 Å². The van der Waals surface area contributed by atoms with E-state index in [0.29, 0.717) is 30.0 Å². The number of H-pyrrole nitrogens is 1. The van der Waals surface area contributed by atoms with Crippen molar-refractivity contribution in [1.29, 1.82) is 0 Å². The summed E-state index contributed by atoms with van der Waals surface area (Å²) in [5.74, 6) is -0.223. The summed E-state index contributed by atoms with van der Waals surface area (Å²) in [6.45, 7) is 0.490. The number of nitrogens with one attached hydrogen (secondary N) is 1. The van der Waals surface area contributed by atoms with Crippen molar-refractivity contribution >= 4 is 16.9 Å². The first-order valence-electron chi connectivity index (χ1n) is 10.2. The molecule has 1 amide bonds. The van der Waals surface area contributed by atoms with Crippen LogP contribution in [0, 0.1) is 0 Å². The van der Waals surface area contributed by atoms with E-state index in [4.69, 9.17) is 0 Å². The van der Waals surface area contributed by atoms with Crippen LogP contribution in [-0.2, 0) is 7.05 Å². The molecule has 1 N–H and O–H groups in total. The van der Waals surface area contributed by atoms with Gasteiger partial charge in [-0.2, -0.15) is 18.3 Å². The second-order valence-corrected chi connectivity index (χ2v) is 8.06. The maximum absolute atomic E-state index is 13.4. The average Bonchev–Trinajstić information content (AvgIpc) is 3.36. The Bertz CT molecular complexity index is 1240. The molecule has 166 valence electrons. The van der Waals surface area contributed by atoms with Gasteiger partial charge in [0.15, 0.2) is 0 Å². The highest BCUT2D eigenvalue weighted by molar-refractivity contribution is 5.99. The van der Waals surface area contributed by atoms with Gasteiger partial charge in [0.1, 0.15) is 17.4 Å². The van der Waals surface area contributed by atoms with Crippen LogP contribution in [0.2, 0.25) is 0 Å². The van der Waals surface area contributed by atoms with Gasteiger partial charge in [0, 0.05) is 43.5 Å². The van der Waals surface area contributed by atoms with Crippen LogP contribution >= 0.6 is 0 Å². The standard InChI is InChI=1S/C22H21F3N6O/c1-29-16(4-3-5-19(29)22(23,24)25)17-8-9-31(17)21(32)18-10-13-6-7-15(14-11-26-27-12-14)28-20(13)30(18)2/h3-7,10-12,17,19H,8-9H2,1-2H3,(H,26,27). The number of aromatic nitrogens is 4. The molecule has 10 heteroatoms.